The van der Waals surface area contributed by atoms with Gasteiger partial charge in [-0.3, -0.25) is 0 Å². The zero-order valence-corrected chi connectivity index (χ0v) is 9.47. The van der Waals surface area contributed by atoms with Crippen molar-refractivity contribution in [1.29, 1.82) is 0 Å². The van der Waals surface area contributed by atoms with Gasteiger partial charge in [0.1, 0.15) is 5.75 Å². The SMILES string of the molecule is COc1ccc2c(F)c(SC)sc2c1. The number of methoxy groups -OCH3 is 1. The second kappa shape index (κ2) is 3.79. The van der Waals surface area contributed by atoms with Crippen LogP contribution < -0.4 is 4.74 Å². The highest BCUT2D eigenvalue weighted by Crippen LogP contribution is 2.37. The fourth-order valence-corrected chi connectivity index (χ4v) is 3.02. The standard InChI is InChI=1S/C10H9FOS2/c1-12-6-3-4-7-8(5-6)14-10(13-2)9(7)11/h3-5H,1-2H3. The lowest BCUT2D eigenvalue weighted by Crippen LogP contribution is -1.80. The predicted octanol–water partition coefficient (Wildman–Crippen LogP) is 3.77. The summed E-state index contributed by atoms with van der Waals surface area (Å²) in [6.45, 7) is 0. The van der Waals surface area contributed by atoms with Crippen LogP contribution >= 0.6 is 23.1 Å². The Morgan fingerprint density at radius 3 is 2.86 bits per heavy atom. The molecule has 0 unspecified atom stereocenters. The second-order valence-corrected chi connectivity index (χ2v) is 4.90. The van der Waals surface area contributed by atoms with Crippen LogP contribution in [-0.4, -0.2) is 13.4 Å². The average Bonchev–Trinajstić information content (AvgIpc) is 2.55. The van der Waals surface area contributed by atoms with Gasteiger partial charge in [0.2, 0.25) is 0 Å². The van der Waals surface area contributed by atoms with Gasteiger partial charge in [0.05, 0.1) is 11.3 Å². The lowest BCUT2D eigenvalue weighted by Gasteiger charge is -1.97. The van der Waals surface area contributed by atoms with Crippen molar-refractivity contribution in [2.45, 2.75) is 4.21 Å². The summed E-state index contributed by atoms with van der Waals surface area (Å²) >= 11 is 2.90. The Kier molecular flexibility index (Phi) is 2.65. The Hall–Kier alpha value is -0.740. The van der Waals surface area contributed by atoms with E-state index in [-0.39, 0.29) is 5.82 Å². The monoisotopic (exact) mass is 228 g/mol. The van der Waals surface area contributed by atoms with Crippen LogP contribution in [0.25, 0.3) is 10.1 Å². The molecule has 1 nitrogen and oxygen atoms in total. The molecule has 14 heavy (non-hydrogen) atoms. The van der Waals surface area contributed by atoms with E-state index in [0.29, 0.717) is 5.39 Å². The van der Waals surface area contributed by atoms with Crippen LogP contribution in [0, 0.1) is 5.82 Å². The van der Waals surface area contributed by atoms with Crippen molar-refractivity contribution >= 4 is 33.2 Å². The molecule has 4 heteroatoms. The molecule has 0 aliphatic carbocycles. The molecule has 0 spiro atoms. The summed E-state index contributed by atoms with van der Waals surface area (Å²) in [6.07, 6.45) is 1.88. The third-order valence-electron chi connectivity index (χ3n) is 1.99. The molecule has 2 aromatic rings. The maximum absolute atomic E-state index is 13.6. The molecule has 0 amide bonds. The van der Waals surface area contributed by atoms with Crippen molar-refractivity contribution in [1.82, 2.24) is 0 Å². The summed E-state index contributed by atoms with van der Waals surface area (Å²) in [4.78, 5) is 0. The molecule has 74 valence electrons. The summed E-state index contributed by atoms with van der Waals surface area (Å²) in [5.41, 5.74) is 0. The lowest BCUT2D eigenvalue weighted by atomic mass is 10.2. The van der Waals surface area contributed by atoms with Crippen LogP contribution in [-0.2, 0) is 0 Å². The summed E-state index contributed by atoms with van der Waals surface area (Å²) in [5, 5.41) is 0.681. The Labute approximate surface area is 89.9 Å². The van der Waals surface area contributed by atoms with Gasteiger partial charge in [-0.1, -0.05) is 0 Å². The van der Waals surface area contributed by atoms with Crippen LogP contribution in [0.1, 0.15) is 0 Å². The van der Waals surface area contributed by atoms with Gasteiger partial charge in [0.15, 0.2) is 5.82 Å². The van der Waals surface area contributed by atoms with E-state index in [1.165, 1.54) is 23.1 Å². The maximum atomic E-state index is 13.6. The minimum absolute atomic E-state index is 0.111. The van der Waals surface area contributed by atoms with Gasteiger partial charge in [0.25, 0.3) is 0 Å². The molecule has 0 saturated heterocycles. The predicted molar refractivity (Wildman–Crippen MR) is 60.1 cm³/mol. The molecule has 1 heterocycles. The zero-order chi connectivity index (χ0) is 10.1. The van der Waals surface area contributed by atoms with E-state index in [1.807, 2.05) is 12.3 Å². The molecule has 1 aromatic carbocycles. The highest BCUT2D eigenvalue weighted by Gasteiger charge is 2.11. The highest BCUT2D eigenvalue weighted by atomic mass is 32.2. The van der Waals surface area contributed by atoms with Gasteiger partial charge in [0, 0.05) is 10.1 Å². The first kappa shape index (κ1) is 9.80. The van der Waals surface area contributed by atoms with E-state index in [0.717, 1.165) is 14.7 Å². The highest BCUT2D eigenvalue weighted by molar-refractivity contribution is 8.00. The lowest BCUT2D eigenvalue weighted by molar-refractivity contribution is 0.415. The maximum Gasteiger partial charge on any atom is 0.155 e. The molecular formula is C10H9FOS2. The van der Waals surface area contributed by atoms with Crippen LogP contribution in [0.2, 0.25) is 0 Å². The molecule has 0 atom stereocenters. The molecule has 0 aliphatic heterocycles. The zero-order valence-electron chi connectivity index (χ0n) is 7.83. The average molecular weight is 228 g/mol. The quantitative estimate of drug-likeness (QED) is 0.724. The Morgan fingerprint density at radius 1 is 1.43 bits per heavy atom. The van der Waals surface area contributed by atoms with Gasteiger partial charge >= 0.3 is 0 Å². The van der Waals surface area contributed by atoms with Crippen molar-refractivity contribution in [3.63, 3.8) is 0 Å². The van der Waals surface area contributed by atoms with E-state index in [1.54, 1.807) is 19.2 Å². The van der Waals surface area contributed by atoms with E-state index in [4.69, 9.17) is 4.74 Å². The summed E-state index contributed by atoms with van der Waals surface area (Å²) < 4.78 is 20.4. The molecule has 0 bridgehead atoms. The number of thiophene rings is 1. The Balaban J connectivity index is 2.66. The Morgan fingerprint density at radius 2 is 2.21 bits per heavy atom. The minimum atomic E-state index is -0.111. The number of hydrogen-bond donors (Lipinski definition) is 0. The van der Waals surface area contributed by atoms with E-state index in [9.17, 15) is 4.39 Å². The van der Waals surface area contributed by atoms with Crippen molar-refractivity contribution in [2.24, 2.45) is 0 Å². The largest absolute Gasteiger partial charge is 0.497 e. The number of halogens is 1. The van der Waals surface area contributed by atoms with Crippen molar-refractivity contribution in [3.8, 4) is 5.75 Å². The molecule has 2 rings (SSSR count). The summed E-state index contributed by atoms with van der Waals surface area (Å²) in [7, 11) is 1.61. The number of benzene rings is 1. The van der Waals surface area contributed by atoms with Crippen LogP contribution in [0.3, 0.4) is 0 Å². The van der Waals surface area contributed by atoms with Crippen LogP contribution in [0.15, 0.2) is 22.4 Å². The smallest absolute Gasteiger partial charge is 0.155 e. The summed E-state index contributed by atoms with van der Waals surface area (Å²) in [5.74, 6) is 0.659. The van der Waals surface area contributed by atoms with E-state index >= 15 is 0 Å². The van der Waals surface area contributed by atoms with Gasteiger partial charge in [-0.15, -0.1) is 23.1 Å². The third-order valence-corrected chi connectivity index (χ3v) is 4.21. The second-order valence-electron chi connectivity index (χ2n) is 2.77. The third kappa shape index (κ3) is 1.48. The number of fused-ring (bicyclic) bond motifs is 1. The van der Waals surface area contributed by atoms with Crippen molar-refractivity contribution < 1.29 is 9.13 Å². The van der Waals surface area contributed by atoms with E-state index < -0.39 is 0 Å². The van der Waals surface area contributed by atoms with Gasteiger partial charge in [-0.25, -0.2) is 4.39 Å². The first-order valence-electron chi connectivity index (χ1n) is 4.06. The fraction of sp³-hybridized carbons (Fsp3) is 0.200. The molecule has 0 N–H and O–H groups in total. The summed E-state index contributed by atoms with van der Waals surface area (Å²) in [6, 6.07) is 5.41. The van der Waals surface area contributed by atoms with Crippen LogP contribution in [0.5, 0.6) is 5.75 Å². The normalized spacial score (nSPS) is 10.8. The Bertz CT molecular complexity index is 464. The fourth-order valence-electron chi connectivity index (χ4n) is 1.28. The van der Waals surface area contributed by atoms with Gasteiger partial charge in [-0.05, 0) is 24.5 Å². The first-order valence-corrected chi connectivity index (χ1v) is 6.10. The van der Waals surface area contributed by atoms with Crippen molar-refractivity contribution in [2.75, 3.05) is 13.4 Å². The number of ether oxygens (including phenoxy) is 1. The minimum Gasteiger partial charge on any atom is -0.497 e. The number of thioether (sulfide) groups is 1. The molecule has 0 fully saturated rings. The number of hydrogen-bond acceptors (Lipinski definition) is 3. The molecule has 0 saturated carbocycles. The van der Waals surface area contributed by atoms with Gasteiger partial charge in [-0.2, -0.15) is 0 Å². The van der Waals surface area contributed by atoms with Crippen molar-refractivity contribution in [3.05, 3.63) is 24.0 Å². The molecule has 0 aliphatic rings. The molecular weight excluding hydrogens is 219 g/mol. The molecule has 0 radical (unpaired) electrons. The molecule has 1 aromatic heterocycles. The topological polar surface area (TPSA) is 9.23 Å². The van der Waals surface area contributed by atoms with Gasteiger partial charge < -0.3 is 4.74 Å². The van der Waals surface area contributed by atoms with E-state index in [2.05, 4.69) is 0 Å². The van der Waals surface area contributed by atoms with Crippen LogP contribution in [0.4, 0.5) is 4.39 Å². The first-order chi connectivity index (χ1) is 6.76. The number of rotatable bonds is 2.